The van der Waals surface area contributed by atoms with Gasteiger partial charge in [0.05, 0.1) is 19.9 Å². The number of rotatable bonds is 8. The second kappa shape index (κ2) is 9.90. The fourth-order valence-electron chi connectivity index (χ4n) is 3.46. The summed E-state index contributed by atoms with van der Waals surface area (Å²) < 4.78 is 26.4. The molecule has 168 valence electrons. The van der Waals surface area contributed by atoms with Gasteiger partial charge in [-0.05, 0) is 64.4 Å². The van der Waals surface area contributed by atoms with Crippen LogP contribution in [0.25, 0.3) is 16.8 Å². The molecule has 0 aliphatic carbocycles. The molecule has 1 amide bonds. The summed E-state index contributed by atoms with van der Waals surface area (Å²) in [7, 11) is 3.16. The summed E-state index contributed by atoms with van der Waals surface area (Å²) in [5, 5.41) is 14.1. The molecule has 0 saturated carbocycles. The van der Waals surface area contributed by atoms with E-state index >= 15 is 0 Å². The Hall–Kier alpha value is -4.27. The molecule has 4 aromatic rings. The van der Waals surface area contributed by atoms with Gasteiger partial charge in [0.1, 0.15) is 12.1 Å². The molecule has 9 heteroatoms. The molecule has 4 rings (SSSR count). The Morgan fingerprint density at radius 1 is 1.03 bits per heavy atom. The normalized spacial score (nSPS) is 10.6. The van der Waals surface area contributed by atoms with Gasteiger partial charge in [-0.2, -0.15) is 0 Å². The fraction of sp³-hybridized carbons (Fsp3) is 0.167. The van der Waals surface area contributed by atoms with Crippen molar-refractivity contribution in [2.75, 3.05) is 20.8 Å². The van der Waals surface area contributed by atoms with Crippen LogP contribution < -0.4 is 14.8 Å². The van der Waals surface area contributed by atoms with Crippen molar-refractivity contribution in [3.8, 4) is 28.3 Å². The number of nitrogens with one attached hydrogen (secondary N) is 1. The van der Waals surface area contributed by atoms with Crippen LogP contribution in [0.4, 0.5) is 4.39 Å². The number of amides is 1. The minimum absolute atomic E-state index is 0.289. The molecule has 0 spiro atoms. The first-order valence-corrected chi connectivity index (χ1v) is 10.2. The summed E-state index contributed by atoms with van der Waals surface area (Å²) >= 11 is 0. The van der Waals surface area contributed by atoms with Crippen molar-refractivity contribution in [2.45, 2.75) is 6.42 Å². The molecule has 0 aliphatic heterocycles. The number of ether oxygens (including phenoxy) is 2. The molecular formula is C24H22FN5O3. The zero-order valence-electron chi connectivity index (χ0n) is 18.2. The first-order valence-electron chi connectivity index (χ1n) is 10.2. The summed E-state index contributed by atoms with van der Waals surface area (Å²) in [6, 6.07) is 17.1. The zero-order valence-corrected chi connectivity index (χ0v) is 18.2. The van der Waals surface area contributed by atoms with Crippen LogP contribution in [0.3, 0.4) is 0 Å². The van der Waals surface area contributed by atoms with Gasteiger partial charge in [0, 0.05) is 17.7 Å². The van der Waals surface area contributed by atoms with E-state index in [-0.39, 0.29) is 11.7 Å². The highest BCUT2D eigenvalue weighted by Crippen LogP contribution is 2.28. The van der Waals surface area contributed by atoms with E-state index in [0.29, 0.717) is 46.8 Å². The van der Waals surface area contributed by atoms with Crippen molar-refractivity contribution >= 4 is 5.91 Å². The Balaban J connectivity index is 1.55. The third-order valence-electron chi connectivity index (χ3n) is 5.13. The van der Waals surface area contributed by atoms with Gasteiger partial charge in [-0.25, -0.2) is 9.07 Å². The molecule has 1 aromatic heterocycles. The largest absolute Gasteiger partial charge is 0.493 e. The molecule has 8 nitrogen and oxygen atoms in total. The number of tetrazole rings is 1. The van der Waals surface area contributed by atoms with Crippen LogP contribution in [0.5, 0.6) is 11.5 Å². The third-order valence-corrected chi connectivity index (χ3v) is 5.13. The van der Waals surface area contributed by atoms with Crippen LogP contribution >= 0.6 is 0 Å². The second-order valence-electron chi connectivity index (χ2n) is 7.20. The van der Waals surface area contributed by atoms with Gasteiger partial charge >= 0.3 is 0 Å². The van der Waals surface area contributed by atoms with Crippen LogP contribution in [-0.2, 0) is 6.42 Å². The SMILES string of the molecule is COc1ccc(CCNC(=O)c2cc(-c3ccccc3F)cc(-n3cnnn3)c2)cc1OC. The maximum atomic E-state index is 14.4. The first-order chi connectivity index (χ1) is 16.1. The fourth-order valence-corrected chi connectivity index (χ4v) is 3.46. The van der Waals surface area contributed by atoms with Gasteiger partial charge < -0.3 is 14.8 Å². The minimum atomic E-state index is -0.383. The Bertz CT molecular complexity index is 1260. The first kappa shape index (κ1) is 21.9. The van der Waals surface area contributed by atoms with E-state index in [1.165, 1.54) is 17.1 Å². The number of methoxy groups -OCH3 is 2. The lowest BCUT2D eigenvalue weighted by molar-refractivity contribution is 0.0954. The van der Waals surface area contributed by atoms with E-state index < -0.39 is 0 Å². The number of hydrogen-bond acceptors (Lipinski definition) is 6. The molecule has 0 saturated heterocycles. The quantitative estimate of drug-likeness (QED) is 0.445. The van der Waals surface area contributed by atoms with Crippen molar-refractivity contribution in [3.05, 3.63) is 83.9 Å². The lowest BCUT2D eigenvalue weighted by Gasteiger charge is -2.12. The maximum Gasteiger partial charge on any atom is 0.251 e. The molecule has 33 heavy (non-hydrogen) atoms. The van der Waals surface area contributed by atoms with Crippen molar-refractivity contribution in [1.29, 1.82) is 0 Å². The van der Waals surface area contributed by atoms with Gasteiger partial charge in [-0.15, -0.1) is 5.10 Å². The van der Waals surface area contributed by atoms with Crippen molar-refractivity contribution < 1.29 is 18.7 Å². The maximum absolute atomic E-state index is 14.4. The smallest absolute Gasteiger partial charge is 0.251 e. The molecule has 0 aliphatic rings. The van der Waals surface area contributed by atoms with Crippen LogP contribution in [0.1, 0.15) is 15.9 Å². The molecular weight excluding hydrogens is 425 g/mol. The molecule has 0 unspecified atom stereocenters. The molecule has 1 heterocycles. The van der Waals surface area contributed by atoms with Crippen LogP contribution in [0.15, 0.2) is 67.0 Å². The highest BCUT2D eigenvalue weighted by molar-refractivity contribution is 5.96. The van der Waals surface area contributed by atoms with Crippen molar-refractivity contribution in [2.24, 2.45) is 0 Å². The Kier molecular flexibility index (Phi) is 6.58. The van der Waals surface area contributed by atoms with E-state index in [1.807, 2.05) is 18.2 Å². The number of benzene rings is 3. The molecule has 3 aromatic carbocycles. The van der Waals surface area contributed by atoms with Gasteiger partial charge in [0.2, 0.25) is 0 Å². The zero-order chi connectivity index (χ0) is 23.2. The number of nitrogens with zero attached hydrogens (tertiary/aromatic N) is 4. The van der Waals surface area contributed by atoms with Gasteiger partial charge in [0.15, 0.2) is 11.5 Å². The van der Waals surface area contributed by atoms with E-state index in [4.69, 9.17) is 9.47 Å². The number of carbonyl (C=O) groups is 1. The summed E-state index contributed by atoms with van der Waals surface area (Å²) in [5.74, 6) is 0.601. The molecule has 1 N–H and O–H groups in total. The van der Waals surface area contributed by atoms with Crippen molar-refractivity contribution in [3.63, 3.8) is 0 Å². The topological polar surface area (TPSA) is 91.2 Å². The monoisotopic (exact) mass is 447 g/mol. The van der Waals surface area contributed by atoms with Crippen molar-refractivity contribution in [1.82, 2.24) is 25.5 Å². The van der Waals surface area contributed by atoms with Crippen LogP contribution in [0.2, 0.25) is 0 Å². The van der Waals surface area contributed by atoms with Crippen LogP contribution in [0, 0.1) is 5.82 Å². The van der Waals surface area contributed by atoms with Gasteiger partial charge in [-0.1, -0.05) is 24.3 Å². The molecule has 0 atom stereocenters. The summed E-state index contributed by atoms with van der Waals surface area (Å²) in [6.45, 7) is 0.401. The molecule has 0 fully saturated rings. The summed E-state index contributed by atoms with van der Waals surface area (Å²) in [6.07, 6.45) is 2.01. The van der Waals surface area contributed by atoms with E-state index in [9.17, 15) is 9.18 Å². The lowest BCUT2D eigenvalue weighted by Crippen LogP contribution is -2.26. The average molecular weight is 447 g/mol. The predicted octanol–water partition coefficient (Wildman–Crippen LogP) is 3.46. The highest BCUT2D eigenvalue weighted by Gasteiger charge is 2.14. The van der Waals surface area contributed by atoms with E-state index in [1.54, 1.807) is 50.6 Å². The van der Waals surface area contributed by atoms with E-state index in [0.717, 1.165) is 5.56 Å². The molecule has 0 radical (unpaired) electrons. The Labute approximate surface area is 190 Å². The highest BCUT2D eigenvalue weighted by atomic mass is 19.1. The average Bonchev–Trinajstić information content (AvgIpc) is 3.39. The summed E-state index contributed by atoms with van der Waals surface area (Å²) in [5.41, 5.74) is 2.83. The predicted molar refractivity (Wildman–Crippen MR) is 120 cm³/mol. The number of hydrogen-bond donors (Lipinski definition) is 1. The van der Waals surface area contributed by atoms with Crippen LogP contribution in [-0.4, -0.2) is 46.9 Å². The third kappa shape index (κ3) is 4.98. The second-order valence-corrected chi connectivity index (χ2v) is 7.20. The van der Waals surface area contributed by atoms with E-state index in [2.05, 4.69) is 20.8 Å². The van der Waals surface area contributed by atoms with Gasteiger partial charge in [-0.3, -0.25) is 4.79 Å². The Morgan fingerprint density at radius 3 is 2.58 bits per heavy atom. The number of carbonyl (C=O) groups excluding carboxylic acids is 1. The minimum Gasteiger partial charge on any atom is -0.493 e. The standard InChI is InChI=1S/C24H22FN5O3/c1-32-22-8-7-16(11-23(22)33-2)9-10-26-24(31)18-12-17(20-5-3-4-6-21(20)25)13-19(14-18)30-15-27-28-29-30/h3-8,11-15H,9-10H2,1-2H3,(H,26,31). The Morgan fingerprint density at radius 2 is 1.85 bits per heavy atom. The number of halogens is 1. The lowest BCUT2D eigenvalue weighted by atomic mass is 10.0. The summed E-state index contributed by atoms with van der Waals surface area (Å²) in [4.78, 5) is 12.9. The number of aromatic nitrogens is 4. The van der Waals surface area contributed by atoms with Gasteiger partial charge in [0.25, 0.3) is 5.91 Å². The molecule has 0 bridgehead atoms.